The van der Waals surface area contributed by atoms with Crippen LogP contribution in [0, 0.1) is 5.41 Å². The molecule has 3 N–H and O–H groups in total. The van der Waals surface area contributed by atoms with Crippen molar-refractivity contribution in [1.82, 2.24) is 4.98 Å². The predicted molar refractivity (Wildman–Crippen MR) is 79.1 cm³/mol. The minimum Gasteiger partial charge on any atom is -0.496 e. The zero-order valence-electron chi connectivity index (χ0n) is 11.9. The van der Waals surface area contributed by atoms with Gasteiger partial charge < -0.3 is 19.9 Å². The second-order valence-electron chi connectivity index (χ2n) is 4.26. The number of amidine groups is 1. The molecule has 0 amide bonds. The second-order valence-corrected chi connectivity index (χ2v) is 4.26. The summed E-state index contributed by atoms with van der Waals surface area (Å²) in [7, 11) is 3.15. The van der Waals surface area contributed by atoms with Gasteiger partial charge in [0, 0.05) is 30.0 Å². The van der Waals surface area contributed by atoms with Gasteiger partial charge >= 0.3 is 0 Å². The van der Waals surface area contributed by atoms with E-state index in [9.17, 15) is 0 Å². The molecule has 1 heterocycles. The highest BCUT2D eigenvalue weighted by Gasteiger charge is 2.08. The van der Waals surface area contributed by atoms with Gasteiger partial charge in [0.25, 0.3) is 0 Å². The van der Waals surface area contributed by atoms with Gasteiger partial charge in [0.05, 0.1) is 14.2 Å². The maximum Gasteiger partial charge on any atom is 0.142 e. The van der Waals surface area contributed by atoms with Gasteiger partial charge in [-0.3, -0.25) is 10.4 Å². The lowest BCUT2D eigenvalue weighted by Gasteiger charge is -2.11. The first-order valence-electron chi connectivity index (χ1n) is 6.28. The maximum atomic E-state index is 7.51. The average molecular weight is 287 g/mol. The Hall–Kier alpha value is -2.76. The van der Waals surface area contributed by atoms with E-state index in [1.54, 1.807) is 44.7 Å². The number of nitrogen functional groups attached to an aromatic ring is 1. The fraction of sp³-hybridized carbons (Fsp3) is 0.200. The van der Waals surface area contributed by atoms with Crippen molar-refractivity contribution in [3.05, 3.63) is 47.8 Å². The molecule has 0 aliphatic heterocycles. The van der Waals surface area contributed by atoms with Gasteiger partial charge in [0.2, 0.25) is 0 Å². The zero-order valence-corrected chi connectivity index (χ0v) is 11.9. The molecule has 6 heteroatoms. The fourth-order valence-corrected chi connectivity index (χ4v) is 1.82. The molecule has 0 unspecified atom stereocenters. The highest BCUT2D eigenvalue weighted by Crippen LogP contribution is 2.28. The van der Waals surface area contributed by atoms with Crippen molar-refractivity contribution in [2.24, 2.45) is 5.73 Å². The van der Waals surface area contributed by atoms with Crippen LogP contribution in [0.15, 0.2) is 36.5 Å². The summed E-state index contributed by atoms with van der Waals surface area (Å²) in [4.78, 5) is 4.08. The molecule has 0 aliphatic carbocycles. The van der Waals surface area contributed by atoms with Crippen LogP contribution in [0.1, 0.15) is 11.3 Å². The molecule has 0 atom stereocenters. The van der Waals surface area contributed by atoms with Crippen LogP contribution >= 0.6 is 0 Å². The lowest BCUT2D eigenvalue weighted by molar-refractivity contribution is 0.300. The van der Waals surface area contributed by atoms with Gasteiger partial charge in [-0.05, 0) is 6.07 Å². The molecule has 0 fully saturated rings. The fourth-order valence-electron chi connectivity index (χ4n) is 1.82. The summed E-state index contributed by atoms with van der Waals surface area (Å²) >= 11 is 0. The van der Waals surface area contributed by atoms with E-state index in [-0.39, 0.29) is 12.4 Å². The average Bonchev–Trinajstić information content (AvgIpc) is 2.52. The van der Waals surface area contributed by atoms with E-state index in [1.165, 1.54) is 0 Å². The zero-order chi connectivity index (χ0) is 15.2. The van der Waals surface area contributed by atoms with Gasteiger partial charge in [0.1, 0.15) is 35.4 Å². The van der Waals surface area contributed by atoms with Gasteiger partial charge in [0.15, 0.2) is 0 Å². The number of benzene rings is 1. The molecule has 0 saturated carbocycles. The van der Waals surface area contributed by atoms with Crippen LogP contribution in [0.2, 0.25) is 0 Å². The Balaban J connectivity index is 2.18. The quantitative estimate of drug-likeness (QED) is 0.626. The summed E-state index contributed by atoms with van der Waals surface area (Å²) < 4.78 is 16.1. The number of hydrogen-bond donors (Lipinski definition) is 2. The van der Waals surface area contributed by atoms with Crippen molar-refractivity contribution < 1.29 is 14.2 Å². The number of hydrogen-bond acceptors (Lipinski definition) is 5. The second kappa shape index (κ2) is 6.60. The van der Waals surface area contributed by atoms with Crippen molar-refractivity contribution in [3.63, 3.8) is 0 Å². The van der Waals surface area contributed by atoms with Crippen LogP contribution in [0.5, 0.6) is 17.2 Å². The van der Waals surface area contributed by atoms with Crippen molar-refractivity contribution in [2.75, 3.05) is 14.2 Å². The molecule has 110 valence electrons. The molecule has 1 aromatic heterocycles. The van der Waals surface area contributed by atoms with Crippen LogP contribution in [-0.4, -0.2) is 25.0 Å². The summed E-state index contributed by atoms with van der Waals surface area (Å²) in [5, 5.41) is 7.51. The third-order valence-electron chi connectivity index (χ3n) is 2.87. The molecular formula is C15H17N3O3. The molecule has 0 aliphatic rings. The van der Waals surface area contributed by atoms with Crippen LogP contribution in [-0.2, 0) is 6.61 Å². The summed E-state index contributed by atoms with van der Waals surface area (Å²) in [6.07, 6.45) is 1.59. The maximum absolute atomic E-state index is 7.51. The summed E-state index contributed by atoms with van der Waals surface area (Å²) in [5.41, 5.74) is 6.67. The van der Waals surface area contributed by atoms with Crippen molar-refractivity contribution in [1.29, 1.82) is 5.41 Å². The Morgan fingerprint density at radius 3 is 2.33 bits per heavy atom. The summed E-state index contributed by atoms with van der Waals surface area (Å²) in [6, 6.07) is 8.87. The van der Waals surface area contributed by atoms with Crippen molar-refractivity contribution in [2.45, 2.75) is 6.61 Å². The van der Waals surface area contributed by atoms with E-state index in [0.29, 0.717) is 22.9 Å². The van der Waals surface area contributed by atoms with E-state index < -0.39 is 0 Å². The van der Waals surface area contributed by atoms with E-state index >= 15 is 0 Å². The first-order chi connectivity index (χ1) is 10.1. The van der Waals surface area contributed by atoms with E-state index in [0.717, 1.165) is 5.56 Å². The monoisotopic (exact) mass is 287 g/mol. The van der Waals surface area contributed by atoms with Crippen LogP contribution < -0.4 is 19.9 Å². The van der Waals surface area contributed by atoms with Crippen molar-refractivity contribution >= 4 is 5.84 Å². The Morgan fingerprint density at radius 2 is 1.76 bits per heavy atom. The largest absolute Gasteiger partial charge is 0.496 e. The Morgan fingerprint density at radius 1 is 1.14 bits per heavy atom. The molecule has 2 aromatic rings. The number of rotatable bonds is 6. The van der Waals surface area contributed by atoms with Gasteiger partial charge in [-0.2, -0.15) is 0 Å². The van der Waals surface area contributed by atoms with Crippen LogP contribution in [0.4, 0.5) is 0 Å². The van der Waals surface area contributed by atoms with Gasteiger partial charge in [-0.15, -0.1) is 0 Å². The topological polar surface area (TPSA) is 90.5 Å². The summed E-state index contributed by atoms with van der Waals surface area (Å²) in [6.45, 7) is 0.249. The van der Waals surface area contributed by atoms with Gasteiger partial charge in [-0.1, -0.05) is 6.07 Å². The Kier molecular flexibility index (Phi) is 4.61. The molecule has 0 saturated heterocycles. The van der Waals surface area contributed by atoms with E-state index in [1.807, 2.05) is 6.07 Å². The minimum atomic E-state index is -0.0857. The Bertz CT molecular complexity index is 622. The number of nitrogens with one attached hydrogen (secondary N) is 1. The van der Waals surface area contributed by atoms with Crippen LogP contribution in [0.25, 0.3) is 0 Å². The number of aromatic nitrogens is 1. The number of pyridine rings is 1. The molecular weight excluding hydrogens is 270 g/mol. The lowest BCUT2D eigenvalue weighted by Crippen LogP contribution is -2.16. The SMILES string of the molecule is COc1cc(OC)cc(OCc2cccnc2C(=N)N)c1. The third-order valence-corrected chi connectivity index (χ3v) is 2.87. The molecule has 1 aromatic carbocycles. The number of nitrogens with two attached hydrogens (primary N) is 1. The molecule has 0 bridgehead atoms. The number of methoxy groups -OCH3 is 2. The third kappa shape index (κ3) is 3.62. The molecule has 21 heavy (non-hydrogen) atoms. The molecule has 6 nitrogen and oxygen atoms in total. The normalized spacial score (nSPS) is 10.0. The number of nitrogens with zero attached hydrogens (tertiary/aromatic N) is 1. The first-order valence-corrected chi connectivity index (χ1v) is 6.28. The molecule has 0 spiro atoms. The highest BCUT2D eigenvalue weighted by molar-refractivity contribution is 5.94. The van der Waals surface area contributed by atoms with Gasteiger partial charge in [-0.25, -0.2) is 0 Å². The molecule has 0 radical (unpaired) electrons. The predicted octanol–water partition coefficient (Wildman–Crippen LogP) is 1.96. The summed E-state index contributed by atoms with van der Waals surface area (Å²) in [5.74, 6) is 1.80. The standard InChI is InChI=1S/C15H17N3O3/c1-19-11-6-12(20-2)8-13(7-11)21-9-10-4-3-5-18-14(10)15(16)17/h3-8H,9H2,1-2H3,(H3,16,17). The molecule has 2 rings (SSSR count). The Labute approximate surface area is 123 Å². The first kappa shape index (κ1) is 14.6. The van der Waals surface area contributed by atoms with Crippen LogP contribution in [0.3, 0.4) is 0 Å². The smallest absolute Gasteiger partial charge is 0.142 e. The van der Waals surface area contributed by atoms with E-state index in [2.05, 4.69) is 4.98 Å². The van der Waals surface area contributed by atoms with E-state index in [4.69, 9.17) is 25.4 Å². The highest BCUT2D eigenvalue weighted by atomic mass is 16.5. The minimum absolute atomic E-state index is 0.0857. The lowest BCUT2D eigenvalue weighted by atomic mass is 10.2. The number of ether oxygens (including phenoxy) is 3. The van der Waals surface area contributed by atoms with Crippen molar-refractivity contribution in [3.8, 4) is 17.2 Å².